The van der Waals surface area contributed by atoms with Gasteiger partial charge in [0.15, 0.2) is 0 Å². The molecule has 30 heavy (non-hydrogen) atoms. The van der Waals surface area contributed by atoms with Crippen molar-refractivity contribution >= 4 is 17.5 Å². The summed E-state index contributed by atoms with van der Waals surface area (Å²) in [6.45, 7) is 10.1. The number of aryl methyl sites for hydroxylation is 1. The minimum Gasteiger partial charge on any atom is -0.441 e. The quantitative estimate of drug-likeness (QED) is 0.764. The summed E-state index contributed by atoms with van der Waals surface area (Å²) in [5.41, 5.74) is 2.28. The lowest BCUT2D eigenvalue weighted by Crippen LogP contribution is -2.65. The molecule has 5 rings (SSSR count). The number of likely N-dealkylation sites (N-methyl/N-ethyl adjacent to an activating group) is 1. The zero-order valence-electron chi connectivity index (χ0n) is 17.7. The molecule has 1 aromatic heterocycles. The fraction of sp³-hybridized carbons (Fsp3) is 0.565. The van der Waals surface area contributed by atoms with E-state index in [0.717, 1.165) is 69.1 Å². The number of carbonyl (C=O) groups excluding carboxylic acids is 1. The Hall–Kier alpha value is -1.89. The predicted octanol–water partition coefficient (Wildman–Crippen LogP) is 3.34. The zero-order chi connectivity index (χ0) is 20.9. The van der Waals surface area contributed by atoms with Crippen LogP contribution in [0.4, 0.5) is 0 Å². The number of likely N-dealkylation sites (tertiary alicyclic amines) is 2. The molecule has 2 saturated heterocycles. The van der Waals surface area contributed by atoms with Crippen molar-refractivity contribution in [3.63, 3.8) is 0 Å². The maximum Gasteiger partial charge on any atom is 0.226 e. The molecular formula is C23H29ClN4O2. The van der Waals surface area contributed by atoms with Crippen molar-refractivity contribution in [3.05, 3.63) is 40.7 Å². The topological polar surface area (TPSA) is 61.6 Å². The maximum atomic E-state index is 12.5. The summed E-state index contributed by atoms with van der Waals surface area (Å²) < 4.78 is 5.88. The molecule has 160 valence electrons. The van der Waals surface area contributed by atoms with Crippen molar-refractivity contribution in [2.45, 2.75) is 39.3 Å². The lowest BCUT2D eigenvalue weighted by Gasteiger charge is -2.59. The average molecular weight is 429 g/mol. The second kappa shape index (κ2) is 7.66. The number of hydrogen-bond acceptors (Lipinski definition) is 5. The molecule has 1 saturated carbocycles. The normalized spacial score (nSPS) is 21.8. The monoisotopic (exact) mass is 428 g/mol. The predicted molar refractivity (Wildman–Crippen MR) is 116 cm³/mol. The van der Waals surface area contributed by atoms with Crippen molar-refractivity contribution in [1.29, 1.82) is 0 Å². The minimum atomic E-state index is 0.202. The van der Waals surface area contributed by atoms with E-state index in [0.29, 0.717) is 22.4 Å². The second-order valence-corrected chi connectivity index (χ2v) is 9.77. The van der Waals surface area contributed by atoms with Crippen LogP contribution in [0.2, 0.25) is 5.02 Å². The van der Waals surface area contributed by atoms with Crippen LogP contribution in [0.1, 0.15) is 31.2 Å². The van der Waals surface area contributed by atoms with Crippen LogP contribution in [-0.2, 0) is 11.3 Å². The van der Waals surface area contributed by atoms with Gasteiger partial charge in [0.05, 0.1) is 11.7 Å². The summed E-state index contributed by atoms with van der Waals surface area (Å²) >= 11 is 5.97. The lowest BCUT2D eigenvalue weighted by molar-refractivity contribution is -0.147. The fourth-order valence-corrected chi connectivity index (χ4v) is 5.31. The Morgan fingerprint density at radius 3 is 2.60 bits per heavy atom. The van der Waals surface area contributed by atoms with Gasteiger partial charge in [-0.3, -0.25) is 14.6 Å². The highest BCUT2D eigenvalue weighted by Crippen LogP contribution is 2.52. The minimum absolute atomic E-state index is 0.202. The lowest BCUT2D eigenvalue weighted by atomic mass is 9.57. The molecule has 0 atom stereocenters. The van der Waals surface area contributed by atoms with E-state index in [9.17, 15) is 4.79 Å². The van der Waals surface area contributed by atoms with Crippen molar-refractivity contribution in [2.75, 3.05) is 32.7 Å². The highest BCUT2D eigenvalue weighted by molar-refractivity contribution is 6.30. The third-order valence-electron chi connectivity index (χ3n) is 6.96. The van der Waals surface area contributed by atoms with Gasteiger partial charge in [0.2, 0.25) is 11.8 Å². The fourth-order valence-electron chi connectivity index (χ4n) is 5.18. The number of halogens is 1. The van der Waals surface area contributed by atoms with E-state index < -0.39 is 0 Å². The van der Waals surface area contributed by atoms with Crippen LogP contribution in [0, 0.1) is 18.3 Å². The van der Waals surface area contributed by atoms with E-state index >= 15 is 0 Å². The highest BCUT2D eigenvalue weighted by Gasteiger charge is 2.54. The first-order valence-electron chi connectivity index (χ1n) is 10.9. The summed E-state index contributed by atoms with van der Waals surface area (Å²) in [5, 5.41) is 3.93. The summed E-state index contributed by atoms with van der Waals surface area (Å²) in [6, 6.07) is 7.92. The number of nitrogens with zero attached hydrogens (tertiary/aromatic N) is 3. The van der Waals surface area contributed by atoms with Crippen molar-refractivity contribution in [1.82, 2.24) is 20.1 Å². The summed E-state index contributed by atoms with van der Waals surface area (Å²) in [5.74, 6) is 1.98. The van der Waals surface area contributed by atoms with Crippen LogP contribution >= 0.6 is 11.6 Å². The van der Waals surface area contributed by atoms with Gasteiger partial charge in [-0.15, -0.1) is 0 Å². The number of hydrogen-bond donors (Lipinski definition) is 1. The van der Waals surface area contributed by atoms with Gasteiger partial charge in [-0.05, 0) is 56.0 Å². The third kappa shape index (κ3) is 3.77. The first kappa shape index (κ1) is 20.0. The van der Waals surface area contributed by atoms with Crippen LogP contribution < -0.4 is 5.32 Å². The number of nitrogens with one attached hydrogen (secondary N) is 1. The Labute approximate surface area is 182 Å². The molecule has 0 bridgehead atoms. The van der Waals surface area contributed by atoms with Gasteiger partial charge >= 0.3 is 0 Å². The van der Waals surface area contributed by atoms with Gasteiger partial charge in [-0.2, -0.15) is 0 Å². The molecule has 1 aliphatic carbocycles. The molecule has 0 radical (unpaired) electrons. The molecule has 1 amide bonds. The van der Waals surface area contributed by atoms with E-state index in [2.05, 4.69) is 22.0 Å². The second-order valence-electron chi connectivity index (χ2n) is 9.34. The molecule has 2 aliphatic heterocycles. The number of amides is 1. The Balaban J connectivity index is 1.09. The van der Waals surface area contributed by atoms with E-state index in [-0.39, 0.29) is 11.8 Å². The summed E-state index contributed by atoms with van der Waals surface area (Å²) in [4.78, 5) is 21.9. The van der Waals surface area contributed by atoms with Gasteiger partial charge < -0.3 is 9.73 Å². The summed E-state index contributed by atoms with van der Waals surface area (Å²) in [6.07, 6.45) is 2.04. The number of aromatic nitrogens is 1. The Morgan fingerprint density at radius 2 is 1.93 bits per heavy atom. The molecular weight excluding hydrogens is 400 g/mol. The van der Waals surface area contributed by atoms with Crippen LogP contribution in [0.3, 0.4) is 0 Å². The molecule has 7 heteroatoms. The Bertz CT molecular complexity index is 921. The van der Waals surface area contributed by atoms with Crippen LogP contribution in [-0.4, -0.2) is 59.5 Å². The molecule has 3 aliphatic rings. The Morgan fingerprint density at radius 1 is 1.23 bits per heavy atom. The number of benzene rings is 1. The van der Waals surface area contributed by atoms with Gasteiger partial charge in [0, 0.05) is 49.2 Å². The maximum absolute atomic E-state index is 12.5. The van der Waals surface area contributed by atoms with Crippen molar-refractivity contribution < 1.29 is 9.21 Å². The molecule has 2 aromatic rings. The van der Waals surface area contributed by atoms with Crippen LogP contribution in [0.5, 0.6) is 0 Å². The third-order valence-corrected chi connectivity index (χ3v) is 7.21. The van der Waals surface area contributed by atoms with Crippen LogP contribution in [0.25, 0.3) is 11.5 Å². The molecule has 3 heterocycles. The molecule has 1 spiro atoms. The number of carbonyl (C=O) groups is 1. The number of oxazole rings is 1. The van der Waals surface area contributed by atoms with Crippen molar-refractivity contribution in [2.24, 2.45) is 11.3 Å². The van der Waals surface area contributed by atoms with Gasteiger partial charge in [0.1, 0.15) is 5.76 Å². The molecule has 0 unspecified atom stereocenters. The largest absolute Gasteiger partial charge is 0.441 e. The van der Waals surface area contributed by atoms with Crippen LogP contribution in [0.15, 0.2) is 28.7 Å². The van der Waals surface area contributed by atoms with Gasteiger partial charge in [0.25, 0.3) is 0 Å². The Kier molecular flexibility index (Phi) is 5.12. The zero-order valence-corrected chi connectivity index (χ0v) is 18.4. The first-order valence-corrected chi connectivity index (χ1v) is 11.3. The molecule has 1 aromatic carbocycles. The number of rotatable bonds is 6. The van der Waals surface area contributed by atoms with E-state index in [1.165, 1.54) is 0 Å². The standard InChI is InChI=1S/C23H29ClN4O2/c1-3-27-10-19(11-27)25-21(29)17-8-23(9-17)13-28(14-23)12-20-15(2)30-22(26-20)16-4-6-18(24)7-5-16/h4-7,17,19H,3,8-14H2,1-2H3,(H,25,29). The summed E-state index contributed by atoms with van der Waals surface area (Å²) in [7, 11) is 0. The average Bonchev–Trinajstić information content (AvgIpc) is 2.99. The molecule has 3 fully saturated rings. The van der Waals surface area contributed by atoms with Crippen molar-refractivity contribution in [3.8, 4) is 11.5 Å². The van der Waals surface area contributed by atoms with Gasteiger partial charge in [-0.25, -0.2) is 4.98 Å². The van der Waals surface area contributed by atoms with E-state index in [1.807, 2.05) is 31.2 Å². The van der Waals surface area contributed by atoms with Gasteiger partial charge in [-0.1, -0.05) is 18.5 Å². The van der Waals surface area contributed by atoms with E-state index in [4.69, 9.17) is 21.0 Å². The highest BCUT2D eigenvalue weighted by atomic mass is 35.5. The smallest absolute Gasteiger partial charge is 0.226 e. The SMILES string of the molecule is CCN1CC(NC(=O)C2CC3(C2)CN(Cc2nc(-c4ccc(Cl)cc4)oc2C)C3)C1. The molecule has 1 N–H and O–H groups in total. The first-order chi connectivity index (χ1) is 14.4. The van der Waals surface area contributed by atoms with E-state index in [1.54, 1.807) is 0 Å². The molecule has 6 nitrogen and oxygen atoms in total.